The van der Waals surface area contributed by atoms with Crippen molar-refractivity contribution in [2.45, 2.75) is 6.04 Å². The van der Waals surface area contributed by atoms with Gasteiger partial charge >= 0.3 is 0 Å². The van der Waals surface area contributed by atoms with Crippen molar-refractivity contribution in [1.29, 1.82) is 0 Å². The average Bonchev–Trinajstić information content (AvgIpc) is 2.65. The normalized spacial score (nSPS) is 16.1. The molecule has 1 N–H and O–H groups in total. The number of halogens is 1. The predicted octanol–water partition coefficient (Wildman–Crippen LogP) is 1.85. The molecule has 1 aliphatic rings. The van der Waals surface area contributed by atoms with Gasteiger partial charge in [0.05, 0.1) is 6.04 Å². The van der Waals surface area contributed by atoms with E-state index in [0.717, 1.165) is 29.0 Å². The molecule has 1 aromatic heterocycles. The van der Waals surface area contributed by atoms with Crippen molar-refractivity contribution >= 4 is 15.9 Å². The minimum atomic E-state index is 0.483. The van der Waals surface area contributed by atoms with E-state index < -0.39 is 0 Å². The van der Waals surface area contributed by atoms with Crippen molar-refractivity contribution in [3.63, 3.8) is 0 Å². The summed E-state index contributed by atoms with van der Waals surface area (Å²) in [6, 6.07) is 8.57. The predicted molar refractivity (Wildman–Crippen MR) is 65.1 cm³/mol. The third kappa shape index (κ3) is 1.56. The molecule has 2 heterocycles. The zero-order valence-electron chi connectivity index (χ0n) is 8.60. The van der Waals surface area contributed by atoms with E-state index >= 15 is 0 Å². The summed E-state index contributed by atoms with van der Waals surface area (Å²) in [5, 5.41) is 11.5. The second kappa shape index (κ2) is 3.99. The summed E-state index contributed by atoms with van der Waals surface area (Å²) in [6.07, 6.45) is 1.81. The monoisotopic (exact) mass is 278 g/mol. The van der Waals surface area contributed by atoms with Crippen LogP contribution in [0.25, 0.3) is 11.4 Å². The molecule has 1 aromatic carbocycles. The van der Waals surface area contributed by atoms with Crippen LogP contribution in [0.15, 0.2) is 35.1 Å². The van der Waals surface area contributed by atoms with Crippen LogP contribution in [-0.4, -0.2) is 27.9 Å². The molecule has 82 valence electrons. The first-order valence-electron chi connectivity index (χ1n) is 5.21. The van der Waals surface area contributed by atoms with Crippen molar-refractivity contribution < 1.29 is 0 Å². The highest BCUT2D eigenvalue weighted by molar-refractivity contribution is 9.10. The first kappa shape index (κ1) is 9.99. The molecule has 1 aliphatic heterocycles. The molecule has 0 amide bonds. The van der Waals surface area contributed by atoms with Gasteiger partial charge in [0.2, 0.25) is 0 Å². The lowest BCUT2D eigenvalue weighted by molar-refractivity contribution is 0.345. The Bertz CT molecular complexity index is 504. The fourth-order valence-corrected chi connectivity index (χ4v) is 2.28. The van der Waals surface area contributed by atoms with Crippen LogP contribution in [0, 0.1) is 0 Å². The molecule has 1 saturated heterocycles. The highest BCUT2D eigenvalue weighted by atomic mass is 79.9. The maximum absolute atomic E-state index is 4.21. The van der Waals surface area contributed by atoms with Crippen LogP contribution in [0.3, 0.4) is 0 Å². The van der Waals surface area contributed by atoms with Crippen LogP contribution in [0.5, 0.6) is 0 Å². The Morgan fingerprint density at radius 3 is 2.81 bits per heavy atom. The molecule has 0 spiro atoms. The second-order valence-electron chi connectivity index (χ2n) is 3.85. The smallest absolute Gasteiger partial charge is 0.165 e. The number of aromatic nitrogens is 3. The molecular formula is C11H11BrN4. The topological polar surface area (TPSA) is 42.7 Å². The molecule has 0 aliphatic carbocycles. The van der Waals surface area contributed by atoms with Gasteiger partial charge in [0.25, 0.3) is 0 Å². The maximum Gasteiger partial charge on any atom is 0.165 e. The lowest BCUT2D eigenvalue weighted by Gasteiger charge is -2.29. The molecule has 0 unspecified atom stereocenters. The zero-order chi connectivity index (χ0) is 11.0. The molecule has 4 nitrogen and oxygen atoms in total. The van der Waals surface area contributed by atoms with Crippen LogP contribution in [-0.2, 0) is 0 Å². The number of nitrogens with zero attached hydrogens (tertiary/aromatic N) is 3. The molecule has 0 atom stereocenters. The van der Waals surface area contributed by atoms with Crippen LogP contribution < -0.4 is 5.32 Å². The van der Waals surface area contributed by atoms with Crippen LogP contribution in [0.4, 0.5) is 0 Å². The maximum atomic E-state index is 4.21. The van der Waals surface area contributed by atoms with Gasteiger partial charge in [0, 0.05) is 23.1 Å². The van der Waals surface area contributed by atoms with Crippen molar-refractivity contribution in [1.82, 2.24) is 20.1 Å². The number of hydrogen-bond donors (Lipinski definition) is 1. The highest BCUT2D eigenvalue weighted by Crippen LogP contribution is 2.28. The van der Waals surface area contributed by atoms with Crippen molar-refractivity contribution in [3.05, 3.63) is 35.1 Å². The molecular weight excluding hydrogens is 268 g/mol. The van der Waals surface area contributed by atoms with Gasteiger partial charge in [-0.15, -0.1) is 10.2 Å². The molecule has 1 fully saturated rings. The summed E-state index contributed by atoms with van der Waals surface area (Å²) in [5.74, 6) is 0.930. The van der Waals surface area contributed by atoms with E-state index in [9.17, 15) is 0 Å². The second-order valence-corrected chi connectivity index (χ2v) is 4.71. The summed E-state index contributed by atoms with van der Waals surface area (Å²) < 4.78 is 3.19. The fourth-order valence-electron chi connectivity index (χ4n) is 1.82. The summed E-state index contributed by atoms with van der Waals surface area (Å²) in [4.78, 5) is 0. The first-order valence-corrected chi connectivity index (χ1v) is 6.00. The quantitative estimate of drug-likeness (QED) is 0.912. The minimum absolute atomic E-state index is 0.483. The number of nitrogens with one attached hydrogen (secondary N) is 1. The van der Waals surface area contributed by atoms with Gasteiger partial charge in [-0.25, -0.2) is 0 Å². The van der Waals surface area contributed by atoms with Crippen molar-refractivity contribution in [3.8, 4) is 11.4 Å². The number of benzene rings is 1. The Labute approximate surface area is 102 Å². The summed E-state index contributed by atoms with van der Waals surface area (Å²) in [7, 11) is 0. The largest absolute Gasteiger partial charge is 0.313 e. The van der Waals surface area contributed by atoms with E-state index in [0.29, 0.717) is 6.04 Å². The lowest BCUT2D eigenvalue weighted by Crippen LogP contribution is -2.43. The van der Waals surface area contributed by atoms with E-state index in [-0.39, 0.29) is 0 Å². The van der Waals surface area contributed by atoms with Crippen LogP contribution in [0.2, 0.25) is 0 Å². The Morgan fingerprint density at radius 1 is 1.31 bits per heavy atom. The molecule has 0 bridgehead atoms. The summed E-state index contributed by atoms with van der Waals surface area (Å²) >= 11 is 3.54. The summed E-state index contributed by atoms with van der Waals surface area (Å²) in [5.41, 5.74) is 1.09. The van der Waals surface area contributed by atoms with E-state index in [2.05, 4.69) is 42.1 Å². The standard InChI is InChI=1S/C11H11BrN4/c12-10-4-2-1-3-9(10)11-15-14-7-16(11)8-5-13-6-8/h1-4,7-8,13H,5-6H2. The van der Waals surface area contributed by atoms with Gasteiger partial charge in [-0.1, -0.05) is 34.1 Å². The lowest BCUT2D eigenvalue weighted by atomic mass is 10.1. The Kier molecular flexibility index (Phi) is 2.49. The molecule has 0 saturated carbocycles. The van der Waals surface area contributed by atoms with E-state index in [1.165, 1.54) is 0 Å². The number of rotatable bonds is 2. The molecule has 5 heteroatoms. The molecule has 16 heavy (non-hydrogen) atoms. The van der Waals surface area contributed by atoms with Gasteiger partial charge in [0.1, 0.15) is 6.33 Å². The van der Waals surface area contributed by atoms with Crippen molar-refractivity contribution in [2.75, 3.05) is 13.1 Å². The SMILES string of the molecule is Brc1ccccc1-c1nncn1C1CNC1. The minimum Gasteiger partial charge on any atom is -0.313 e. The zero-order valence-corrected chi connectivity index (χ0v) is 10.2. The number of hydrogen-bond acceptors (Lipinski definition) is 3. The van der Waals surface area contributed by atoms with Gasteiger partial charge in [-0.3, -0.25) is 0 Å². The van der Waals surface area contributed by atoms with Crippen LogP contribution >= 0.6 is 15.9 Å². The average molecular weight is 279 g/mol. The third-order valence-electron chi connectivity index (χ3n) is 2.84. The first-order chi connectivity index (χ1) is 7.86. The molecule has 2 aromatic rings. The third-order valence-corrected chi connectivity index (χ3v) is 3.53. The fraction of sp³-hybridized carbons (Fsp3) is 0.273. The van der Waals surface area contributed by atoms with E-state index in [1.54, 1.807) is 6.33 Å². The highest BCUT2D eigenvalue weighted by Gasteiger charge is 2.22. The molecule has 3 rings (SSSR count). The van der Waals surface area contributed by atoms with E-state index in [4.69, 9.17) is 0 Å². The van der Waals surface area contributed by atoms with Gasteiger partial charge in [0.15, 0.2) is 5.82 Å². The van der Waals surface area contributed by atoms with Crippen molar-refractivity contribution in [2.24, 2.45) is 0 Å². The Morgan fingerprint density at radius 2 is 2.12 bits per heavy atom. The Balaban J connectivity index is 2.06. The Hall–Kier alpha value is -1.20. The van der Waals surface area contributed by atoms with Gasteiger partial charge < -0.3 is 9.88 Å². The van der Waals surface area contributed by atoms with E-state index in [1.807, 2.05) is 18.2 Å². The molecule has 0 radical (unpaired) electrons. The van der Waals surface area contributed by atoms with Gasteiger partial charge in [-0.2, -0.15) is 0 Å². The van der Waals surface area contributed by atoms with Crippen LogP contribution in [0.1, 0.15) is 6.04 Å². The van der Waals surface area contributed by atoms with Gasteiger partial charge in [-0.05, 0) is 6.07 Å². The summed E-state index contributed by atoms with van der Waals surface area (Å²) in [6.45, 7) is 1.99.